The summed E-state index contributed by atoms with van der Waals surface area (Å²) in [5, 5.41) is 5.51. The molecule has 0 saturated heterocycles. The maximum Gasteiger partial charge on any atom is 0.221 e. The fourth-order valence-electron chi connectivity index (χ4n) is 0.772. The monoisotopic (exact) mass is 159 g/mol. The topological polar surface area (TPSA) is 67.1 Å². The molecular weight excluding hydrogens is 142 g/mol. The van der Waals surface area contributed by atoms with Gasteiger partial charge in [-0.05, 0) is 20.0 Å². The zero-order valence-electron chi connectivity index (χ0n) is 7.18. The molecule has 0 aromatic rings. The van der Waals surface area contributed by atoms with Gasteiger partial charge in [0.2, 0.25) is 5.91 Å². The van der Waals surface area contributed by atoms with Gasteiger partial charge in [-0.15, -0.1) is 0 Å². The predicted molar refractivity (Wildman–Crippen MR) is 45.2 cm³/mol. The van der Waals surface area contributed by atoms with Crippen molar-refractivity contribution in [3.8, 4) is 0 Å². The Labute approximate surface area is 67.5 Å². The standard InChI is InChI=1S/C7H17N3O/c1-9-4-3-6(8)5-7(11)10-2/h6,9H,3-5,8H2,1-2H3,(H,10,11). The van der Waals surface area contributed by atoms with E-state index in [1.54, 1.807) is 7.05 Å². The first-order valence-electron chi connectivity index (χ1n) is 3.81. The van der Waals surface area contributed by atoms with Crippen molar-refractivity contribution in [1.82, 2.24) is 10.6 Å². The molecule has 1 amide bonds. The lowest BCUT2D eigenvalue weighted by atomic mass is 10.1. The van der Waals surface area contributed by atoms with Crippen LogP contribution in [0.3, 0.4) is 0 Å². The summed E-state index contributed by atoms with van der Waals surface area (Å²) in [7, 11) is 3.49. The van der Waals surface area contributed by atoms with E-state index in [-0.39, 0.29) is 11.9 Å². The van der Waals surface area contributed by atoms with E-state index in [9.17, 15) is 4.79 Å². The van der Waals surface area contributed by atoms with Gasteiger partial charge in [0.25, 0.3) is 0 Å². The van der Waals surface area contributed by atoms with Crippen LogP contribution in [0, 0.1) is 0 Å². The molecule has 0 aliphatic heterocycles. The molecule has 4 heteroatoms. The molecule has 0 heterocycles. The van der Waals surface area contributed by atoms with Crippen molar-refractivity contribution < 1.29 is 4.79 Å². The molecule has 0 fully saturated rings. The molecule has 1 atom stereocenters. The average Bonchev–Trinajstić information content (AvgIpc) is 2.00. The summed E-state index contributed by atoms with van der Waals surface area (Å²) in [6.07, 6.45) is 1.25. The summed E-state index contributed by atoms with van der Waals surface area (Å²) in [6.45, 7) is 0.859. The first-order chi connectivity index (χ1) is 5.20. The third-order valence-electron chi connectivity index (χ3n) is 1.49. The minimum absolute atomic E-state index is 0.00797. The number of carbonyl (C=O) groups is 1. The van der Waals surface area contributed by atoms with Crippen LogP contribution in [0.15, 0.2) is 0 Å². The van der Waals surface area contributed by atoms with Crippen molar-refractivity contribution in [3.63, 3.8) is 0 Å². The summed E-state index contributed by atoms with van der Waals surface area (Å²) >= 11 is 0. The minimum Gasteiger partial charge on any atom is -0.359 e. The highest BCUT2D eigenvalue weighted by Crippen LogP contribution is 1.92. The largest absolute Gasteiger partial charge is 0.359 e. The molecule has 0 radical (unpaired) electrons. The van der Waals surface area contributed by atoms with Gasteiger partial charge in [0.05, 0.1) is 0 Å². The Bertz CT molecular complexity index is 116. The van der Waals surface area contributed by atoms with Crippen molar-refractivity contribution in [3.05, 3.63) is 0 Å². The molecule has 4 N–H and O–H groups in total. The van der Waals surface area contributed by atoms with Gasteiger partial charge in [0.1, 0.15) is 0 Å². The summed E-state index contributed by atoms with van der Waals surface area (Å²) in [5.41, 5.74) is 5.64. The Morgan fingerprint density at radius 2 is 2.18 bits per heavy atom. The van der Waals surface area contributed by atoms with Crippen molar-refractivity contribution in [2.24, 2.45) is 5.73 Å². The maximum absolute atomic E-state index is 10.8. The molecule has 0 rings (SSSR count). The van der Waals surface area contributed by atoms with Crippen LogP contribution in [0.1, 0.15) is 12.8 Å². The predicted octanol–water partition coefficient (Wildman–Crippen LogP) is -0.941. The van der Waals surface area contributed by atoms with Gasteiger partial charge in [0.15, 0.2) is 0 Å². The summed E-state index contributed by atoms with van der Waals surface area (Å²) in [5.74, 6) is 0.00797. The van der Waals surface area contributed by atoms with E-state index in [1.165, 1.54) is 0 Å². The van der Waals surface area contributed by atoms with Crippen molar-refractivity contribution >= 4 is 5.91 Å². The first-order valence-corrected chi connectivity index (χ1v) is 3.81. The molecule has 66 valence electrons. The van der Waals surface area contributed by atoms with Gasteiger partial charge in [-0.25, -0.2) is 0 Å². The number of nitrogens with one attached hydrogen (secondary N) is 2. The van der Waals surface area contributed by atoms with Gasteiger partial charge in [0, 0.05) is 19.5 Å². The van der Waals surface area contributed by atoms with Gasteiger partial charge in [-0.1, -0.05) is 0 Å². The number of carbonyl (C=O) groups excluding carboxylic acids is 1. The van der Waals surface area contributed by atoms with Crippen molar-refractivity contribution in [2.45, 2.75) is 18.9 Å². The van der Waals surface area contributed by atoms with Crippen LogP contribution in [0.25, 0.3) is 0 Å². The highest BCUT2D eigenvalue weighted by Gasteiger charge is 2.06. The molecule has 0 spiro atoms. The van der Waals surface area contributed by atoms with Gasteiger partial charge >= 0.3 is 0 Å². The Balaban J connectivity index is 3.35. The van der Waals surface area contributed by atoms with Crippen LogP contribution in [0.5, 0.6) is 0 Å². The minimum atomic E-state index is -0.0256. The second kappa shape index (κ2) is 6.12. The van der Waals surface area contributed by atoms with Crippen LogP contribution in [0.4, 0.5) is 0 Å². The molecular formula is C7H17N3O. The zero-order valence-corrected chi connectivity index (χ0v) is 7.18. The second-order valence-corrected chi connectivity index (χ2v) is 2.53. The number of nitrogens with two attached hydrogens (primary N) is 1. The van der Waals surface area contributed by atoms with Crippen LogP contribution in [-0.4, -0.2) is 32.6 Å². The third-order valence-corrected chi connectivity index (χ3v) is 1.49. The smallest absolute Gasteiger partial charge is 0.221 e. The average molecular weight is 159 g/mol. The molecule has 1 unspecified atom stereocenters. The van der Waals surface area contributed by atoms with Gasteiger partial charge in [-0.2, -0.15) is 0 Å². The normalized spacial score (nSPS) is 12.6. The van der Waals surface area contributed by atoms with E-state index in [0.29, 0.717) is 6.42 Å². The molecule has 11 heavy (non-hydrogen) atoms. The van der Waals surface area contributed by atoms with E-state index in [0.717, 1.165) is 13.0 Å². The highest BCUT2D eigenvalue weighted by molar-refractivity contribution is 5.76. The number of amides is 1. The van der Waals surface area contributed by atoms with Crippen molar-refractivity contribution in [1.29, 1.82) is 0 Å². The van der Waals surface area contributed by atoms with Crippen LogP contribution >= 0.6 is 0 Å². The SMILES string of the molecule is CNCCC(N)CC(=O)NC. The lowest BCUT2D eigenvalue weighted by molar-refractivity contribution is -0.120. The van der Waals surface area contributed by atoms with Gasteiger partial charge in [-0.3, -0.25) is 4.79 Å². The van der Waals surface area contributed by atoms with Crippen molar-refractivity contribution in [2.75, 3.05) is 20.6 Å². The Kier molecular flexibility index (Phi) is 5.78. The molecule has 0 aliphatic carbocycles. The van der Waals surface area contributed by atoms with E-state index < -0.39 is 0 Å². The number of rotatable bonds is 5. The molecule has 0 aromatic heterocycles. The highest BCUT2D eigenvalue weighted by atomic mass is 16.1. The second-order valence-electron chi connectivity index (χ2n) is 2.53. The van der Waals surface area contributed by atoms with Crippen LogP contribution < -0.4 is 16.4 Å². The van der Waals surface area contributed by atoms with Crippen LogP contribution in [-0.2, 0) is 4.79 Å². The van der Waals surface area contributed by atoms with E-state index in [4.69, 9.17) is 5.73 Å². The Morgan fingerprint density at radius 1 is 1.55 bits per heavy atom. The quantitative estimate of drug-likeness (QED) is 0.485. The number of hydrogen-bond donors (Lipinski definition) is 3. The van der Waals surface area contributed by atoms with E-state index in [1.807, 2.05) is 7.05 Å². The van der Waals surface area contributed by atoms with E-state index >= 15 is 0 Å². The molecule has 0 aromatic carbocycles. The Morgan fingerprint density at radius 3 is 2.64 bits per heavy atom. The Hall–Kier alpha value is -0.610. The maximum atomic E-state index is 10.8. The van der Waals surface area contributed by atoms with Gasteiger partial charge < -0.3 is 16.4 Å². The molecule has 0 saturated carbocycles. The summed E-state index contributed by atoms with van der Waals surface area (Å²) < 4.78 is 0. The zero-order chi connectivity index (χ0) is 8.69. The number of hydrogen-bond acceptors (Lipinski definition) is 3. The summed E-state index contributed by atoms with van der Waals surface area (Å²) in [6, 6.07) is -0.0256. The van der Waals surface area contributed by atoms with Crippen LogP contribution in [0.2, 0.25) is 0 Å². The van der Waals surface area contributed by atoms with E-state index in [2.05, 4.69) is 10.6 Å². The molecule has 0 aliphatic rings. The summed E-state index contributed by atoms with van der Waals surface area (Å²) in [4.78, 5) is 10.8. The molecule has 4 nitrogen and oxygen atoms in total. The fraction of sp³-hybridized carbons (Fsp3) is 0.857. The third kappa shape index (κ3) is 5.82. The fourth-order valence-corrected chi connectivity index (χ4v) is 0.772. The first kappa shape index (κ1) is 10.4. The lowest BCUT2D eigenvalue weighted by Crippen LogP contribution is -2.31. The molecule has 0 bridgehead atoms. The lowest BCUT2D eigenvalue weighted by Gasteiger charge is -2.09.